The zero-order chi connectivity index (χ0) is 12.4. The lowest BCUT2D eigenvalue weighted by molar-refractivity contribution is 0.831. The van der Waals surface area contributed by atoms with E-state index in [1.807, 2.05) is 0 Å². The van der Waals surface area contributed by atoms with E-state index in [9.17, 15) is 0 Å². The fourth-order valence-corrected chi connectivity index (χ4v) is 7.74. The lowest BCUT2D eigenvalue weighted by atomic mass is 10.4. The van der Waals surface area contributed by atoms with E-state index in [-0.39, 0.29) is 0 Å². The standard InChI is InChI=1S/C14H31ClP/c1-5-8-11-16(14(4)15,12-9-6-2)13-10-7-3/h14H,5-13H2,1-4H3/q+1. The maximum Gasteiger partial charge on any atom is 0.139 e. The summed E-state index contributed by atoms with van der Waals surface area (Å²) in [5, 5.41) is 0.442. The predicted octanol–water partition coefficient (Wildman–Crippen LogP) is 5.99. The molecule has 0 aromatic carbocycles. The van der Waals surface area contributed by atoms with Gasteiger partial charge in [0.15, 0.2) is 0 Å². The summed E-state index contributed by atoms with van der Waals surface area (Å²) in [6.45, 7) is 9.16. The fraction of sp³-hybridized carbons (Fsp3) is 1.00. The molecule has 2 heteroatoms. The van der Waals surface area contributed by atoms with Gasteiger partial charge in [0.05, 0.1) is 18.5 Å². The van der Waals surface area contributed by atoms with Gasteiger partial charge in [0.25, 0.3) is 0 Å². The highest BCUT2D eigenvalue weighted by Gasteiger charge is 2.40. The van der Waals surface area contributed by atoms with E-state index in [2.05, 4.69) is 27.7 Å². The Bertz CT molecular complexity index is 135. The maximum absolute atomic E-state index is 6.56. The first-order chi connectivity index (χ1) is 7.63. The zero-order valence-electron chi connectivity index (χ0n) is 11.8. The van der Waals surface area contributed by atoms with Gasteiger partial charge in [-0.1, -0.05) is 51.6 Å². The summed E-state index contributed by atoms with van der Waals surface area (Å²) in [6.07, 6.45) is 12.4. The first kappa shape index (κ1) is 16.7. The van der Waals surface area contributed by atoms with Crippen LogP contribution in [0.4, 0.5) is 0 Å². The number of alkyl halides is 1. The van der Waals surface area contributed by atoms with E-state index in [1.54, 1.807) is 0 Å². The van der Waals surface area contributed by atoms with Crippen LogP contribution in [-0.2, 0) is 0 Å². The summed E-state index contributed by atoms with van der Waals surface area (Å²) in [7, 11) is -0.852. The van der Waals surface area contributed by atoms with Crippen molar-refractivity contribution in [1.82, 2.24) is 0 Å². The van der Waals surface area contributed by atoms with Crippen molar-refractivity contribution in [2.45, 2.75) is 71.3 Å². The molecule has 1 atom stereocenters. The van der Waals surface area contributed by atoms with Gasteiger partial charge < -0.3 is 0 Å². The van der Waals surface area contributed by atoms with Gasteiger partial charge in [-0.3, -0.25) is 0 Å². The quantitative estimate of drug-likeness (QED) is 0.336. The highest BCUT2D eigenvalue weighted by Crippen LogP contribution is 2.65. The molecule has 0 amide bonds. The highest BCUT2D eigenvalue weighted by atomic mass is 35.5. The zero-order valence-corrected chi connectivity index (χ0v) is 13.4. The van der Waals surface area contributed by atoms with Crippen LogP contribution in [0.3, 0.4) is 0 Å². The monoisotopic (exact) mass is 265 g/mol. The largest absolute Gasteiger partial charge is 0.139 e. The lowest BCUT2D eigenvalue weighted by Gasteiger charge is -2.30. The van der Waals surface area contributed by atoms with Crippen LogP contribution in [0, 0.1) is 0 Å². The van der Waals surface area contributed by atoms with Crippen molar-refractivity contribution < 1.29 is 0 Å². The van der Waals surface area contributed by atoms with Crippen molar-refractivity contribution in [3.05, 3.63) is 0 Å². The molecule has 0 nitrogen and oxygen atoms in total. The Labute approximate surface area is 109 Å². The van der Waals surface area contributed by atoms with Gasteiger partial charge in [-0.25, -0.2) is 0 Å². The van der Waals surface area contributed by atoms with Gasteiger partial charge in [0, 0.05) is 7.26 Å². The molecule has 0 fully saturated rings. The Morgan fingerprint density at radius 3 is 1.31 bits per heavy atom. The lowest BCUT2D eigenvalue weighted by Crippen LogP contribution is -2.16. The molecule has 0 spiro atoms. The smallest absolute Gasteiger partial charge is 0.0790 e. The van der Waals surface area contributed by atoms with Crippen LogP contribution in [0.5, 0.6) is 0 Å². The molecular weight excluding hydrogens is 235 g/mol. The van der Waals surface area contributed by atoms with Crippen LogP contribution in [-0.4, -0.2) is 23.6 Å². The molecule has 98 valence electrons. The summed E-state index contributed by atoms with van der Waals surface area (Å²) in [5.74, 6) is 0. The van der Waals surface area contributed by atoms with Crippen molar-refractivity contribution >= 4 is 18.9 Å². The normalized spacial score (nSPS) is 14.1. The SMILES string of the molecule is CCCC[P+](CCCC)(CCCC)C(C)Cl. The van der Waals surface area contributed by atoms with Crippen LogP contribution < -0.4 is 0 Å². The Morgan fingerprint density at radius 2 is 1.12 bits per heavy atom. The molecule has 0 aromatic rings. The predicted molar refractivity (Wildman–Crippen MR) is 81.6 cm³/mol. The second-order valence-corrected chi connectivity index (χ2v) is 10.5. The Kier molecular flexibility index (Phi) is 10.2. The minimum absolute atomic E-state index is 0.442. The van der Waals surface area contributed by atoms with Crippen LogP contribution >= 0.6 is 18.9 Å². The van der Waals surface area contributed by atoms with Crippen molar-refractivity contribution in [2.75, 3.05) is 18.5 Å². The molecule has 0 radical (unpaired) electrons. The maximum atomic E-state index is 6.56. The van der Waals surface area contributed by atoms with Gasteiger partial charge in [0.2, 0.25) is 0 Å². The number of unbranched alkanes of at least 4 members (excludes halogenated alkanes) is 3. The molecule has 0 aliphatic heterocycles. The van der Waals surface area contributed by atoms with Crippen LogP contribution in [0.2, 0.25) is 0 Å². The number of halogens is 1. The van der Waals surface area contributed by atoms with E-state index in [0.29, 0.717) is 5.12 Å². The van der Waals surface area contributed by atoms with Gasteiger partial charge in [0.1, 0.15) is 5.12 Å². The fourth-order valence-electron chi connectivity index (χ4n) is 2.29. The minimum Gasteiger partial charge on any atom is -0.0790 e. The van der Waals surface area contributed by atoms with Gasteiger partial charge in [-0.05, 0) is 26.2 Å². The molecule has 0 aliphatic rings. The van der Waals surface area contributed by atoms with Crippen molar-refractivity contribution in [3.63, 3.8) is 0 Å². The van der Waals surface area contributed by atoms with Crippen molar-refractivity contribution in [2.24, 2.45) is 0 Å². The average Bonchev–Trinajstić information content (AvgIpc) is 2.28. The summed E-state index contributed by atoms with van der Waals surface area (Å²) in [6, 6.07) is 0. The summed E-state index contributed by atoms with van der Waals surface area (Å²) in [5.41, 5.74) is 0. The summed E-state index contributed by atoms with van der Waals surface area (Å²) >= 11 is 6.56. The molecule has 0 bridgehead atoms. The van der Waals surface area contributed by atoms with Gasteiger partial charge >= 0.3 is 0 Å². The van der Waals surface area contributed by atoms with Crippen LogP contribution in [0.15, 0.2) is 0 Å². The van der Waals surface area contributed by atoms with E-state index in [4.69, 9.17) is 11.6 Å². The third kappa shape index (κ3) is 5.87. The number of hydrogen-bond donors (Lipinski definition) is 0. The Balaban J connectivity index is 4.46. The van der Waals surface area contributed by atoms with E-state index in [1.165, 1.54) is 57.0 Å². The van der Waals surface area contributed by atoms with Crippen LogP contribution in [0.25, 0.3) is 0 Å². The molecule has 0 aromatic heterocycles. The van der Waals surface area contributed by atoms with Gasteiger partial charge in [-0.15, -0.1) is 0 Å². The van der Waals surface area contributed by atoms with Gasteiger partial charge in [-0.2, -0.15) is 0 Å². The Morgan fingerprint density at radius 1 is 0.812 bits per heavy atom. The third-order valence-electron chi connectivity index (χ3n) is 3.63. The molecule has 0 rings (SSSR count). The van der Waals surface area contributed by atoms with Crippen molar-refractivity contribution in [1.29, 1.82) is 0 Å². The first-order valence-corrected chi connectivity index (χ1v) is 9.97. The average molecular weight is 266 g/mol. The Hall–Kier alpha value is 0.720. The second kappa shape index (κ2) is 9.72. The molecule has 0 N–H and O–H groups in total. The molecule has 1 unspecified atom stereocenters. The topological polar surface area (TPSA) is 0 Å². The molecule has 0 saturated carbocycles. The second-order valence-electron chi connectivity index (χ2n) is 5.02. The van der Waals surface area contributed by atoms with E-state index < -0.39 is 7.26 Å². The molecule has 0 aliphatic carbocycles. The van der Waals surface area contributed by atoms with E-state index in [0.717, 1.165) is 0 Å². The summed E-state index contributed by atoms with van der Waals surface area (Å²) in [4.78, 5) is 0. The molecule has 0 heterocycles. The molecule has 0 saturated heterocycles. The molecule has 16 heavy (non-hydrogen) atoms. The summed E-state index contributed by atoms with van der Waals surface area (Å²) < 4.78 is 0. The van der Waals surface area contributed by atoms with E-state index >= 15 is 0 Å². The first-order valence-electron chi connectivity index (χ1n) is 7.12. The third-order valence-corrected chi connectivity index (χ3v) is 10.00. The minimum atomic E-state index is -0.852. The van der Waals surface area contributed by atoms with Crippen molar-refractivity contribution in [3.8, 4) is 0 Å². The number of rotatable bonds is 10. The molecular formula is C14H31ClP+. The van der Waals surface area contributed by atoms with Crippen LogP contribution in [0.1, 0.15) is 66.2 Å². The number of hydrogen-bond acceptors (Lipinski definition) is 0. The highest BCUT2D eigenvalue weighted by molar-refractivity contribution is 7.77.